The lowest BCUT2D eigenvalue weighted by atomic mass is 9.87. The number of aromatic nitrogens is 4. The van der Waals surface area contributed by atoms with Crippen LogP contribution >= 0.6 is 27.5 Å². The van der Waals surface area contributed by atoms with Crippen LogP contribution < -0.4 is 10.6 Å². The lowest BCUT2D eigenvalue weighted by Crippen LogP contribution is -2.35. The number of hydrogen-bond donors (Lipinski definition) is 2. The highest BCUT2D eigenvalue weighted by molar-refractivity contribution is 9.10. The fourth-order valence-corrected chi connectivity index (χ4v) is 4.92. The van der Waals surface area contributed by atoms with E-state index in [1.54, 1.807) is 50.2 Å². The molecule has 0 bridgehead atoms. The summed E-state index contributed by atoms with van der Waals surface area (Å²) >= 11 is 9.78. The highest BCUT2D eigenvalue weighted by atomic mass is 79.9. The average Bonchev–Trinajstić information content (AvgIpc) is 3.32. The third-order valence-electron chi connectivity index (χ3n) is 6.01. The predicted octanol–water partition coefficient (Wildman–Crippen LogP) is 3.65. The fraction of sp³-hybridized carbons (Fsp3) is 0.409. The van der Waals surface area contributed by atoms with E-state index in [0.29, 0.717) is 38.9 Å². The molecule has 0 spiro atoms. The number of anilines is 1. The van der Waals surface area contributed by atoms with Crippen LogP contribution in [0.3, 0.4) is 0 Å². The zero-order valence-corrected chi connectivity index (χ0v) is 21.2. The van der Waals surface area contributed by atoms with Crippen LogP contribution in [0.15, 0.2) is 29.0 Å². The molecule has 1 aliphatic rings. The molecule has 4 rings (SSSR count). The molecule has 0 saturated heterocycles. The van der Waals surface area contributed by atoms with Crippen LogP contribution in [0.4, 0.5) is 5.95 Å². The van der Waals surface area contributed by atoms with E-state index in [1.165, 1.54) is 4.90 Å². The summed E-state index contributed by atoms with van der Waals surface area (Å²) in [5, 5.41) is 11.8. The second-order valence-electron chi connectivity index (χ2n) is 8.76. The summed E-state index contributed by atoms with van der Waals surface area (Å²) < 4.78 is 2.21. The Morgan fingerprint density at radius 2 is 2.06 bits per heavy atom. The van der Waals surface area contributed by atoms with E-state index < -0.39 is 5.41 Å². The Hall–Kier alpha value is -2.72. The monoisotopic (exact) mass is 533 g/mol. The number of carbonyl (C=O) groups is 2. The van der Waals surface area contributed by atoms with Crippen molar-refractivity contribution in [3.63, 3.8) is 0 Å². The van der Waals surface area contributed by atoms with E-state index in [1.807, 2.05) is 6.92 Å². The molecule has 2 N–H and O–H groups in total. The second-order valence-corrected chi connectivity index (χ2v) is 9.94. The van der Waals surface area contributed by atoms with Crippen LogP contribution in [0.1, 0.15) is 36.5 Å². The van der Waals surface area contributed by atoms with Crippen molar-refractivity contribution >= 4 is 56.3 Å². The van der Waals surface area contributed by atoms with Crippen LogP contribution in [0.25, 0.3) is 16.7 Å². The third-order valence-corrected chi connectivity index (χ3v) is 6.81. The van der Waals surface area contributed by atoms with Gasteiger partial charge >= 0.3 is 0 Å². The Morgan fingerprint density at radius 1 is 1.30 bits per heavy atom. The van der Waals surface area contributed by atoms with E-state index in [4.69, 9.17) is 16.6 Å². The summed E-state index contributed by atoms with van der Waals surface area (Å²) in [5.41, 5.74) is 1.23. The standard InChI is InChI=1S/C22H25BrClN7O2/c1-22(20(33)25-2)6-5-14(10-22)27-21-26-11-16-17(23)29-31(18(16)28-21)15-8-12(7-13(24)9-15)19(32)30(3)4/h7-9,11,14H,5-6,10H2,1-4H3,(H,25,33)(H,26,27,28)/t14-,22-/m1/s1. The van der Waals surface area contributed by atoms with Gasteiger partial charge in [0.1, 0.15) is 4.60 Å². The van der Waals surface area contributed by atoms with Crippen molar-refractivity contribution in [3.8, 4) is 5.69 Å². The van der Waals surface area contributed by atoms with E-state index in [-0.39, 0.29) is 17.9 Å². The number of benzene rings is 1. The molecule has 1 aromatic carbocycles. The molecule has 9 nitrogen and oxygen atoms in total. The average molecular weight is 535 g/mol. The SMILES string of the molecule is CNC(=O)[C@]1(C)CC[C@@H](Nc2ncc3c(Br)nn(-c4cc(Cl)cc(C(=O)N(C)C)c4)c3n2)C1. The number of carbonyl (C=O) groups excluding carboxylic acids is 2. The Labute approximate surface area is 205 Å². The van der Waals surface area contributed by atoms with Crippen molar-refractivity contribution in [2.45, 2.75) is 32.2 Å². The number of fused-ring (bicyclic) bond motifs is 1. The molecule has 0 unspecified atom stereocenters. The molecule has 2 heterocycles. The fourth-order valence-electron chi connectivity index (χ4n) is 4.25. The van der Waals surface area contributed by atoms with Gasteiger partial charge in [-0.15, -0.1) is 0 Å². The van der Waals surface area contributed by atoms with E-state index in [2.05, 4.69) is 36.6 Å². The van der Waals surface area contributed by atoms with Gasteiger partial charge in [-0.25, -0.2) is 9.67 Å². The summed E-state index contributed by atoms with van der Waals surface area (Å²) in [4.78, 5) is 35.3. The van der Waals surface area contributed by atoms with Crippen molar-refractivity contribution < 1.29 is 9.59 Å². The van der Waals surface area contributed by atoms with Gasteiger partial charge in [0.2, 0.25) is 11.9 Å². The van der Waals surface area contributed by atoms with E-state index in [0.717, 1.165) is 18.2 Å². The maximum absolute atomic E-state index is 12.5. The summed E-state index contributed by atoms with van der Waals surface area (Å²) in [7, 11) is 5.04. The molecule has 1 fully saturated rings. The Balaban J connectivity index is 1.68. The van der Waals surface area contributed by atoms with Gasteiger partial charge in [-0.05, 0) is 53.4 Å². The molecule has 2 atom stereocenters. The zero-order chi connectivity index (χ0) is 23.9. The van der Waals surface area contributed by atoms with Crippen molar-refractivity contribution in [1.82, 2.24) is 30.0 Å². The topological polar surface area (TPSA) is 105 Å². The number of rotatable bonds is 5. The number of nitrogens with zero attached hydrogens (tertiary/aromatic N) is 5. The van der Waals surface area contributed by atoms with Crippen LogP contribution in [-0.2, 0) is 4.79 Å². The zero-order valence-electron chi connectivity index (χ0n) is 18.8. The maximum atomic E-state index is 12.5. The van der Waals surface area contributed by atoms with Crippen molar-refractivity contribution in [3.05, 3.63) is 39.6 Å². The molecule has 3 aromatic rings. The first kappa shape index (κ1) is 23.4. The smallest absolute Gasteiger partial charge is 0.253 e. The lowest BCUT2D eigenvalue weighted by Gasteiger charge is -2.22. The van der Waals surface area contributed by atoms with Crippen molar-refractivity contribution in [2.24, 2.45) is 5.41 Å². The summed E-state index contributed by atoms with van der Waals surface area (Å²) in [5.74, 6) is 0.342. The summed E-state index contributed by atoms with van der Waals surface area (Å²) in [6.07, 6.45) is 4.03. The first-order chi connectivity index (χ1) is 15.6. The highest BCUT2D eigenvalue weighted by Gasteiger charge is 2.41. The van der Waals surface area contributed by atoms with Gasteiger partial charge in [0.15, 0.2) is 5.65 Å². The van der Waals surface area contributed by atoms with Crippen LogP contribution in [0.5, 0.6) is 0 Å². The molecule has 11 heteroatoms. The normalized spacial score (nSPS) is 20.1. The minimum Gasteiger partial charge on any atom is -0.359 e. The van der Waals surface area contributed by atoms with E-state index in [9.17, 15) is 9.59 Å². The molecular formula is C22H25BrClN7O2. The van der Waals surface area contributed by atoms with Crippen LogP contribution in [-0.4, -0.2) is 63.6 Å². The largest absolute Gasteiger partial charge is 0.359 e. The van der Waals surface area contributed by atoms with Crippen LogP contribution in [0.2, 0.25) is 5.02 Å². The second kappa shape index (κ2) is 8.90. The summed E-state index contributed by atoms with van der Waals surface area (Å²) in [6, 6.07) is 5.17. The first-order valence-electron chi connectivity index (χ1n) is 10.5. The van der Waals surface area contributed by atoms with Gasteiger partial charge in [-0.1, -0.05) is 18.5 Å². The lowest BCUT2D eigenvalue weighted by molar-refractivity contribution is -0.129. The van der Waals surface area contributed by atoms with Crippen molar-refractivity contribution in [2.75, 3.05) is 26.5 Å². The number of halogens is 2. The molecule has 0 aliphatic heterocycles. The molecule has 2 amide bonds. The minimum absolute atomic E-state index is 0.0502. The Kier molecular flexibility index (Phi) is 6.32. The first-order valence-corrected chi connectivity index (χ1v) is 11.7. The molecule has 33 heavy (non-hydrogen) atoms. The summed E-state index contributed by atoms with van der Waals surface area (Å²) in [6.45, 7) is 1.98. The van der Waals surface area contributed by atoms with Gasteiger partial charge < -0.3 is 15.5 Å². The molecule has 0 radical (unpaired) electrons. The molecule has 1 aliphatic carbocycles. The molecule has 174 valence electrons. The molecule has 1 saturated carbocycles. The Bertz CT molecular complexity index is 1240. The maximum Gasteiger partial charge on any atom is 0.253 e. The van der Waals surface area contributed by atoms with Gasteiger partial charge in [0, 0.05) is 49.4 Å². The number of amides is 2. The quantitative estimate of drug-likeness (QED) is 0.518. The van der Waals surface area contributed by atoms with Crippen molar-refractivity contribution in [1.29, 1.82) is 0 Å². The minimum atomic E-state index is -0.405. The van der Waals surface area contributed by atoms with Gasteiger partial charge in [0.25, 0.3) is 5.91 Å². The van der Waals surface area contributed by atoms with Gasteiger partial charge in [-0.3, -0.25) is 9.59 Å². The molecular weight excluding hydrogens is 510 g/mol. The van der Waals surface area contributed by atoms with E-state index >= 15 is 0 Å². The third kappa shape index (κ3) is 4.54. The Morgan fingerprint density at radius 3 is 2.76 bits per heavy atom. The van der Waals surface area contributed by atoms with Gasteiger partial charge in [0.05, 0.1) is 11.1 Å². The van der Waals surface area contributed by atoms with Gasteiger partial charge in [-0.2, -0.15) is 10.1 Å². The number of nitrogens with one attached hydrogen (secondary N) is 2. The predicted molar refractivity (Wildman–Crippen MR) is 131 cm³/mol. The van der Waals surface area contributed by atoms with Crippen LogP contribution in [0, 0.1) is 5.41 Å². The molecule has 2 aromatic heterocycles. The highest BCUT2D eigenvalue weighted by Crippen LogP contribution is 2.39. The number of hydrogen-bond acceptors (Lipinski definition) is 6.